The molecule has 0 rings (SSSR count). The molecular formula is HArNa2O4P. The molecule has 0 fully saturated rings. The zero-order chi connectivity index (χ0) is 4.50. The summed E-state index contributed by atoms with van der Waals surface area (Å²) < 4.78 is 8.66. The van der Waals surface area contributed by atoms with Crippen molar-refractivity contribution in [2.45, 2.75) is 0 Å². The Bertz CT molecular complexity index is 60.2. The predicted molar refractivity (Wildman–Crippen MR) is 9.83 cm³/mol. The molecule has 0 heterocycles. The van der Waals surface area contributed by atoms with Gasteiger partial charge in [0, 0.05) is 37.7 Å². The molecule has 4 nitrogen and oxygen atoms in total. The largest absolute Gasteiger partial charge is 1.00 e. The molecule has 0 aliphatic carbocycles. The van der Waals surface area contributed by atoms with Gasteiger partial charge in [-0.15, -0.1) is 0 Å². The van der Waals surface area contributed by atoms with Gasteiger partial charge in [-0.1, -0.05) is 0 Å². The van der Waals surface area contributed by atoms with E-state index in [1.54, 1.807) is 0 Å². The van der Waals surface area contributed by atoms with Crippen molar-refractivity contribution in [2.24, 2.45) is 0 Å². The van der Waals surface area contributed by atoms with E-state index in [0.717, 1.165) is 0 Å². The molecule has 8 heteroatoms. The minimum Gasteiger partial charge on any atom is -0.790 e. The Kier molecular flexibility index (Phi) is 29.2. The average Bonchev–Trinajstić information content (AvgIpc) is 0.722. The van der Waals surface area contributed by atoms with Gasteiger partial charge in [0.25, 0.3) is 0 Å². The second-order valence-corrected chi connectivity index (χ2v) is 1.41. The van der Waals surface area contributed by atoms with E-state index < -0.39 is 7.82 Å². The summed E-state index contributed by atoms with van der Waals surface area (Å²) in [6.07, 6.45) is 0. The van der Waals surface area contributed by atoms with Crippen molar-refractivity contribution in [2.75, 3.05) is 0 Å². The Morgan fingerprint density at radius 3 is 1.25 bits per heavy atom. The molecule has 0 unspecified atom stereocenters. The summed E-state index contributed by atoms with van der Waals surface area (Å²) in [7, 11) is -5.14. The number of rotatable bonds is 0. The summed E-state index contributed by atoms with van der Waals surface area (Å²) in [6, 6.07) is 0. The molecule has 0 radical (unpaired) electrons. The fourth-order valence-electron chi connectivity index (χ4n) is 0. The van der Waals surface area contributed by atoms with E-state index in [4.69, 9.17) is 19.2 Å². The van der Waals surface area contributed by atoms with Gasteiger partial charge in [0.1, 0.15) is 0 Å². The van der Waals surface area contributed by atoms with Gasteiger partial charge in [0.15, 0.2) is 0 Å². The van der Waals surface area contributed by atoms with Gasteiger partial charge in [-0.25, -0.2) is 0 Å². The third-order valence-corrected chi connectivity index (χ3v) is 0. The summed E-state index contributed by atoms with van der Waals surface area (Å²) in [6.45, 7) is 0. The smallest absolute Gasteiger partial charge is 0.790 e. The molecule has 0 saturated heterocycles. The molecule has 0 aliphatic rings. The predicted octanol–water partition coefficient (Wildman–Crippen LogP) is -8.18. The van der Waals surface area contributed by atoms with E-state index >= 15 is 0 Å². The maximum atomic E-state index is 8.66. The van der Waals surface area contributed by atoms with Crippen LogP contribution in [0.4, 0.5) is 0 Å². The van der Waals surface area contributed by atoms with E-state index in [1.165, 1.54) is 0 Å². The van der Waals surface area contributed by atoms with Crippen LogP contribution in [0.3, 0.4) is 0 Å². The Hall–Kier alpha value is 3.37. The molecule has 40 valence electrons. The standard InChI is InChI=1S/Ar.2Na.H3O4P/c;;;1-5(2,3)4/h;;;(H3,1,2,3,4)/q;2*+1;/p-2. The van der Waals surface area contributed by atoms with Crippen LogP contribution in [0.1, 0.15) is 0 Å². The maximum absolute atomic E-state index is 8.66. The number of phosphoric acid groups is 1. The summed E-state index contributed by atoms with van der Waals surface area (Å²) in [5.74, 6) is 0. The van der Waals surface area contributed by atoms with Crippen molar-refractivity contribution in [1.82, 2.24) is 0 Å². The molecule has 8 heavy (non-hydrogen) atoms. The fourth-order valence-corrected chi connectivity index (χ4v) is 0. The van der Waals surface area contributed by atoms with Crippen LogP contribution < -0.4 is 68.9 Å². The quantitative estimate of drug-likeness (QED) is 0.298. The van der Waals surface area contributed by atoms with Crippen LogP contribution in [-0.2, 0) is 4.57 Å². The minimum absolute atomic E-state index is 0. The van der Waals surface area contributed by atoms with Crippen LogP contribution in [0.5, 0.6) is 0 Å². The molecule has 0 aliphatic heterocycles. The third-order valence-electron chi connectivity index (χ3n) is 0. The van der Waals surface area contributed by atoms with Gasteiger partial charge in [-0.3, -0.25) is 0 Å². The Labute approximate surface area is 121 Å². The first-order chi connectivity index (χ1) is 2.00. The number of hydrogen-bond donors (Lipinski definition) is 1. The van der Waals surface area contributed by atoms with Gasteiger partial charge < -0.3 is 19.2 Å². The SMILES string of the molecule is O=P([O-])([O-])O.[Ar].[Na+].[Na+]. The van der Waals surface area contributed by atoms with Crippen molar-refractivity contribution < 1.29 is 116 Å². The Balaban J connectivity index is -0.0000000267. The molecule has 0 aromatic heterocycles. The molecule has 0 atom stereocenters. The third kappa shape index (κ3) is 57.8. The molecule has 0 saturated carbocycles. The summed E-state index contributed by atoms with van der Waals surface area (Å²) in [5.41, 5.74) is 0. The van der Waals surface area contributed by atoms with E-state index in [0.29, 0.717) is 0 Å². The van der Waals surface area contributed by atoms with Gasteiger partial charge in [0.2, 0.25) is 0 Å². The molecule has 0 aromatic carbocycles. The van der Waals surface area contributed by atoms with Crippen molar-refractivity contribution in [3.63, 3.8) is 0 Å². The zero-order valence-corrected chi connectivity index (χ0v) is 10.1. The second-order valence-electron chi connectivity index (χ2n) is 0.469. The zero-order valence-electron chi connectivity index (χ0n) is 4.47. The van der Waals surface area contributed by atoms with Crippen molar-refractivity contribution in [3.8, 4) is 0 Å². The van der Waals surface area contributed by atoms with Crippen molar-refractivity contribution in [1.29, 1.82) is 0 Å². The van der Waals surface area contributed by atoms with Gasteiger partial charge in [0.05, 0.1) is 7.82 Å². The topological polar surface area (TPSA) is 83.4 Å². The van der Waals surface area contributed by atoms with Crippen LogP contribution in [0.15, 0.2) is 0 Å². The molecule has 0 spiro atoms. The molecular weight excluding hydrogens is 181 g/mol. The molecule has 0 aromatic rings. The minimum atomic E-state index is -5.14. The Morgan fingerprint density at radius 2 is 1.25 bits per heavy atom. The van der Waals surface area contributed by atoms with Crippen molar-refractivity contribution >= 4 is 7.82 Å². The first-order valence-corrected chi connectivity index (χ1v) is 2.24. The van der Waals surface area contributed by atoms with Gasteiger partial charge >= 0.3 is 59.1 Å². The average molecular weight is 182 g/mol. The van der Waals surface area contributed by atoms with E-state index in [2.05, 4.69) is 0 Å². The van der Waals surface area contributed by atoms with E-state index in [-0.39, 0.29) is 96.9 Å². The first kappa shape index (κ1) is 22.5. The maximum Gasteiger partial charge on any atom is 1.00 e. The summed E-state index contributed by atoms with van der Waals surface area (Å²) in [5, 5.41) is 0. The normalized spacial score (nSPS) is 7.38. The van der Waals surface area contributed by atoms with Crippen LogP contribution in [0.25, 0.3) is 0 Å². The van der Waals surface area contributed by atoms with Gasteiger partial charge in [-0.2, -0.15) is 0 Å². The summed E-state index contributed by atoms with van der Waals surface area (Å²) in [4.78, 5) is 24.3. The summed E-state index contributed by atoms with van der Waals surface area (Å²) >= 11 is 0. The Morgan fingerprint density at radius 1 is 1.25 bits per heavy atom. The second kappa shape index (κ2) is 10.4. The van der Waals surface area contributed by atoms with E-state index in [1.807, 2.05) is 0 Å². The first-order valence-electron chi connectivity index (χ1n) is 0.748. The van der Waals surface area contributed by atoms with Crippen LogP contribution in [-0.4, -0.2) is 4.89 Å². The monoisotopic (exact) mass is 182 g/mol. The van der Waals surface area contributed by atoms with Crippen LogP contribution >= 0.6 is 7.82 Å². The molecule has 0 bridgehead atoms. The van der Waals surface area contributed by atoms with Gasteiger partial charge in [-0.05, 0) is 0 Å². The molecule has 1 N–H and O–H groups in total. The van der Waals surface area contributed by atoms with E-state index in [9.17, 15) is 0 Å². The fraction of sp³-hybridized carbons (Fsp3) is 0. The van der Waals surface area contributed by atoms with Crippen LogP contribution in [0, 0.1) is 37.7 Å². The van der Waals surface area contributed by atoms with Crippen LogP contribution in [0.2, 0.25) is 0 Å². The molecule has 0 amide bonds. The van der Waals surface area contributed by atoms with Crippen molar-refractivity contribution in [3.05, 3.63) is 0 Å². The number of hydrogen-bond acceptors (Lipinski definition) is 3.